The molecule has 0 aliphatic rings. The molecule has 0 spiro atoms. The van der Waals surface area contributed by atoms with E-state index in [-0.39, 0.29) is 5.75 Å². The number of aryl methyl sites for hydroxylation is 1. The first-order valence-corrected chi connectivity index (χ1v) is 9.72. The molecule has 0 saturated carbocycles. The summed E-state index contributed by atoms with van der Waals surface area (Å²) in [6.07, 6.45) is 0. The van der Waals surface area contributed by atoms with Crippen molar-refractivity contribution in [2.45, 2.75) is 6.92 Å². The molecule has 1 aromatic heterocycles. The molecule has 0 radical (unpaired) electrons. The number of hydrogen-bond donors (Lipinski definition) is 2. The van der Waals surface area contributed by atoms with E-state index >= 15 is 0 Å². The number of nitrogens with one attached hydrogen (secondary N) is 1. The Morgan fingerprint density at radius 3 is 2.52 bits per heavy atom. The highest BCUT2D eigenvalue weighted by molar-refractivity contribution is 6.05. The number of nitrogens with zero attached hydrogens (tertiary/aromatic N) is 1. The van der Waals surface area contributed by atoms with Crippen molar-refractivity contribution < 1.29 is 19.4 Å². The van der Waals surface area contributed by atoms with E-state index in [1.54, 1.807) is 48.5 Å². The van der Waals surface area contributed by atoms with Gasteiger partial charge in [-0.15, -0.1) is 0 Å². The van der Waals surface area contributed by atoms with Crippen LogP contribution in [0.3, 0.4) is 0 Å². The van der Waals surface area contributed by atoms with Gasteiger partial charge in [-0.05, 0) is 61.0 Å². The van der Waals surface area contributed by atoms with Gasteiger partial charge in [0.15, 0.2) is 6.61 Å². The Labute approximate surface area is 179 Å². The molecule has 1 heterocycles. The lowest BCUT2D eigenvalue weighted by atomic mass is 10.0. The Bertz CT molecular complexity index is 1270. The first-order chi connectivity index (χ1) is 15.0. The molecule has 0 fully saturated rings. The monoisotopic (exact) mass is 412 g/mol. The zero-order valence-corrected chi connectivity index (χ0v) is 16.8. The van der Waals surface area contributed by atoms with Gasteiger partial charge in [0.2, 0.25) is 0 Å². The summed E-state index contributed by atoms with van der Waals surface area (Å²) in [7, 11) is 0. The molecule has 0 unspecified atom stereocenters. The number of hydrogen-bond acceptors (Lipinski definition) is 5. The number of carbonyl (C=O) groups excluding carboxylic acids is 2. The van der Waals surface area contributed by atoms with E-state index in [1.165, 1.54) is 0 Å². The number of benzene rings is 3. The number of rotatable bonds is 5. The van der Waals surface area contributed by atoms with E-state index in [1.807, 2.05) is 37.3 Å². The van der Waals surface area contributed by atoms with Gasteiger partial charge in [-0.25, -0.2) is 9.78 Å². The summed E-state index contributed by atoms with van der Waals surface area (Å²) in [4.78, 5) is 29.7. The van der Waals surface area contributed by atoms with Crippen LogP contribution in [0.4, 0.5) is 5.69 Å². The molecule has 0 saturated heterocycles. The first kappa shape index (κ1) is 20.1. The lowest BCUT2D eigenvalue weighted by molar-refractivity contribution is -0.119. The van der Waals surface area contributed by atoms with Crippen LogP contribution in [0.25, 0.3) is 22.2 Å². The normalized spacial score (nSPS) is 10.6. The number of fused-ring (bicyclic) bond motifs is 1. The maximum absolute atomic E-state index is 12.8. The fraction of sp³-hybridized carbons (Fsp3) is 0.0800. The molecule has 0 atom stereocenters. The summed E-state index contributed by atoms with van der Waals surface area (Å²) in [5, 5.41) is 12.9. The van der Waals surface area contributed by atoms with Gasteiger partial charge in [-0.1, -0.05) is 30.3 Å². The Morgan fingerprint density at radius 2 is 1.74 bits per heavy atom. The molecule has 0 bridgehead atoms. The van der Waals surface area contributed by atoms with Gasteiger partial charge < -0.3 is 15.2 Å². The Hall–Kier alpha value is -4.19. The van der Waals surface area contributed by atoms with Gasteiger partial charge in [-0.2, -0.15) is 0 Å². The number of carbonyl (C=O) groups is 2. The van der Waals surface area contributed by atoms with Crippen molar-refractivity contribution in [2.75, 3.05) is 11.9 Å². The van der Waals surface area contributed by atoms with Crippen molar-refractivity contribution in [1.29, 1.82) is 0 Å². The van der Waals surface area contributed by atoms with E-state index in [4.69, 9.17) is 4.74 Å². The predicted octanol–water partition coefficient (Wildman–Crippen LogP) is 4.71. The first-order valence-electron chi connectivity index (χ1n) is 9.72. The molecular formula is C25H20N2O4. The maximum atomic E-state index is 12.8. The summed E-state index contributed by atoms with van der Waals surface area (Å²) in [5.41, 5.74) is 3.91. The number of phenolic OH excluding ortho intramolecular Hbond substituents is 1. The average Bonchev–Trinajstić information content (AvgIpc) is 2.77. The number of ether oxygens (including phenoxy) is 1. The second-order valence-corrected chi connectivity index (χ2v) is 7.11. The van der Waals surface area contributed by atoms with Crippen LogP contribution in [0.15, 0.2) is 78.9 Å². The molecule has 1 amide bonds. The summed E-state index contributed by atoms with van der Waals surface area (Å²) in [6.45, 7) is 1.52. The van der Waals surface area contributed by atoms with Crippen molar-refractivity contribution in [1.82, 2.24) is 4.98 Å². The number of aromatic hydroxyl groups is 1. The molecule has 6 nitrogen and oxygen atoms in total. The maximum Gasteiger partial charge on any atom is 0.339 e. The van der Waals surface area contributed by atoms with Crippen molar-refractivity contribution in [3.8, 4) is 17.0 Å². The van der Waals surface area contributed by atoms with Gasteiger partial charge in [-0.3, -0.25) is 4.79 Å². The van der Waals surface area contributed by atoms with Gasteiger partial charge >= 0.3 is 5.97 Å². The zero-order valence-electron chi connectivity index (χ0n) is 16.8. The molecule has 3 aromatic carbocycles. The van der Waals surface area contributed by atoms with E-state index in [2.05, 4.69) is 10.3 Å². The standard InChI is InChI=1S/C25H20N2O4/c1-16-5-4-6-18(13-16)26-24(29)15-31-25(30)21-14-23(17-9-11-19(28)12-10-17)27-22-8-3-2-7-20(21)22/h2-14,28H,15H2,1H3,(H,26,29). The summed E-state index contributed by atoms with van der Waals surface area (Å²) in [5.74, 6) is -0.891. The van der Waals surface area contributed by atoms with Gasteiger partial charge in [0, 0.05) is 16.6 Å². The van der Waals surface area contributed by atoms with E-state index < -0.39 is 18.5 Å². The molecule has 154 valence electrons. The number of pyridine rings is 1. The van der Waals surface area contributed by atoms with Crippen LogP contribution >= 0.6 is 0 Å². The molecule has 0 aliphatic heterocycles. The van der Waals surface area contributed by atoms with E-state index in [9.17, 15) is 14.7 Å². The highest BCUT2D eigenvalue weighted by Gasteiger charge is 2.16. The fourth-order valence-corrected chi connectivity index (χ4v) is 3.25. The van der Waals surface area contributed by atoms with Crippen LogP contribution in [0.1, 0.15) is 15.9 Å². The van der Waals surface area contributed by atoms with E-state index in [0.717, 1.165) is 11.1 Å². The number of esters is 1. The Kier molecular flexibility index (Phi) is 5.62. The third kappa shape index (κ3) is 4.70. The number of aromatic nitrogens is 1. The second-order valence-electron chi connectivity index (χ2n) is 7.11. The van der Waals surface area contributed by atoms with Crippen LogP contribution in [0.2, 0.25) is 0 Å². The van der Waals surface area contributed by atoms with Crippen molar-refractivity contribution >= 4 is 28.5 Å². The van der Waals surface area contributed by atoms with Crippen molar-refractivity contribution in [3.05, 3.63) is 90.0 Å². The second kappa shape index (κ2) is 8.67. The van der Waals surface area contributed by atoms with Crippen LogP contribution in [-0.4, -0.2) is 28.6 Å². The van der Waals surface area contributed by atoms with Crippen LogP contribution in [0.5, 0.6) is 5.75 Å². The number of phenols is 1. The van der Waals surface area contributed by atoms with Gasteiger partial charge in [0.1, 0.15) is 5.75 Å². The largest absolute Gasteiger partial charge is 0.508 e. The predicted molar refractivity (Wildman–Crippen MR) is 119 cm³/mol. The minimum Gasteiger partial charge on any atom is -0.508 e. The van der Waals surface area contributed by atoms with Crippen LogP contribution < -0.4 is 5.32 Å². The third-order valence-corrected chi connectivity index (χ3v) is 4.74. The SMILES string of the molecule is Cc1cccc(NC(=O)COC(=O)c2cc(-c3ccc(O)cc3)nc3ccccc23)c1. The lowest BCUT2D eigenvalue weighted by Gasteiger charge is -2.11. The smallest absolute Gasteiger partial charge is 0.339 e. The molecular weight excluding hydrogens is 392 g/mol. The number of para-hydroxylation sites is 1. The summed E-state index contributed by atoms with van der Waals surface area (Å²) >= 11 is 0. The Morgan fingerprint density at radius 1 is 0.968 bits per heavy atom. The molecule has 2 N–H and O–H groups in total. The number of amides is 1. The summed E-state index contributed by atoms with van der Waals surface area (Å²) in [6, 6.07) is 22.8. The molecule has 4 aromatic rings. The third-order valence-electron chi connectivity index (χ3n) is 4.74. The van der Waals surface area contributed by atoms with Gasteiger partial charge in [0.05, 0.1) is 16.8 Å². The fourth-order valence-electron chi connectivity index (χ4n) is 3.25. The average molecular weight is 412 g/mol. The zero-order chi connectivity index (χ0) is 21.8. The topological polar surface area (TPSA) is 88.5 Å². The molecule has 6 heteroatoms. The highest BCUT2D eigenvalue weighted by Crippen LogP contribution is 2.26. The number of anilines is 1. The van der Waals surface area contributed by atoms with E-state index in [0.29, 0.717) is 27.8 Å². The van der Waals surface area contributed by atoms with Crippen LogP contribution in [0, 0.1) is 6.92 Å². The minimum absolute atomic E-state index is 0.142. The lowest BCUT2D eigenvalue weighted by Crippen LogP contribution is -2.21. The molecule has 4 rings (SSSR count). The van der Waals surface area contributed by atoms with Crippen molar-refractivity contribution in [3.63, 3.8) is 0 Å². The minimum atomic E-state index is -0.613. The quantitative estimate of drug-likeness (QED) is 0.464. The van der Waals surface area contributed by atoms with Gasteiger partial charge in [0.25, 0.3) is 5.91 Å². The van der Waals surface area contributed by atoms with Crippen molar-refractivity contribution in [2.24, 2.45) is 0 Å². The Balaban J connectivity index is 1.56. The molecule has 31 heavy (non-hydrogen) atoms. The summed E-state index contributed by atoms with van der Waals surface area (Å²) < 4.78 is 5.29. The van der Waals surface area contributed by atoms with Crippen LogP contribution in [-0.2, 0) is 9.53 Å². The molecule has 0 aliphatic carbocycles. The highest BCUT2D eigenvalue weighted by atomic mass is 16.5.